The van der Waals surface area contributed by atoms with Crippen molar-refractivity contribution in [3.8, 4) is 17.3 Å². The quantitative estimate of drug-likeness (QED) is 0.158. The Bertz CT molecular complexity index is 1680. The molecule has 2 aromatic heterocycles. The summed E-state index contributed by atoms with van der Waals surface area (Å²) >= 11 is 7.32. The van der Waals surface area contributed by atoms with Crippen LogP contribution < -0.4 is 0 Å². The molecule has 0 aliphatic rings. The van der Waals surface area contributed by atoms with Crippen LogP contribution in [0.25, 0.3) is 22.0 Å². The fourth-order valence-electron chi connectivity index (χ4n) is 4.36. The number of hydrogen-bond acceptors (Lipinski definition) is 7. The number of alkyl halides is 3. The molecule has 0 N–H and O–H groups in total. The van der Waals surface area contributed by atoms with Gasteiger partial charge in [-0.2, -0.15) is 23.5 Å². The SMILES string of the molecule is C=COC(C#N)(c1nc(-c2c(C)ccc3ccccc23)cs1)C(OC(=O)C(C)(C)C)c1c(C(F)(F)F)nn(C)c1Cl. The van der Waals surface area contributed by atoms with Crippen molar-refractivity contribution in [2.75, 3.05) is 0 Å². The first-order valence-electron chi connectivity index (χ1n) is 12.3. The summed E-state index contributed by atoms with van der Waals surface area (Å²) in [6.45, 7) is 10.00. The molecule has 0 aliphatic carbocycles. The number of halogens is 4. The lowest BCUT2D eigenvalue weighted by Crippen LogP contribution is -2.39. The van der Waals surface area contributed by atoms with Gasteiger partial charge in [-0.15, -0.1) is 11.3 Å². The molecule has 41 heavy (non-hydrogen) atoms. The monoisotopic (exact) mass is 602 g/mol. The number of nitrogens with zero attached hydrogens (tertiary/aromatic N) is 4. The third-order valence-corrected chi connectivity index (χ3v) is 7.81. The summed E-state index contributed by atoms with van der Waals surface area (Å²) in [6.07, 6.45) is -6.14. The molecule has 0 radical (unpaired) electrons. The predicted octanol–water partition coefficient (Wildman–Crippen LogP) is 7.89. The molecular formula is C29H26ClF3N4O3S. The molecule has 0 saturated carbocycles. The minimum absolute atomic E-state index is 0.0676. The van der Waals surface area contributed by atoms with E-state index in [9.17, 15) is 23.2 Å². The molecule has 4 rings (SSSR count). The van der Waals surface area contributed by atoms with E-state index < -0.39 is 45.7 Å². The van der Waals surface area contributed by atoms with Gasteiger partial charge in [-0.05, 0) is 44.0 Å². The Morgan fingerprint density at radius 2 is 1.90 bits per heavy atom. The molecular weight excluding hydrogens is 577 g/mol. The second kappa shape index (κ2) is 10.8. The van der Waals surface area contributed by atoms with Crippen molar-refractivity contribution >= 4 is 39.7 Å². The molecule has 4 aromatic rings. The number of carbonyl (C=O) groups is 1. The highest BCUT2D eigenvalue weighted by atomic mass is 35.5. The predicted molar refractivity (Wildman–Crippen MR) is 150 cm³/mol. The van der Waals surface area contributed by atoms with Crippen molar-refractivity contribution in [2.24, 2.45) is 12.5 Å². The molecule has 0 amide bonds. The van der Waals surface area contributed by atoms with Crippen LogP contribution in [-0.2, 0) is 33.1 Å². The van der Waals surface area contributed by atoms with E-state index in [-0.39, 0.29) is 5.01 Å². The van der Waals surface area contributed by atoms with Gasteiger partial charge >= 0.3 is 12.1 Å². The smallest absolute Gasteiger partial charge is 0.435 e. The van der Waals surface area contributed by atoms with Crippen molar-refractivity contribution in [1.82, 2.24) is 14.8 Å². The number of aryl methyl sites for hydroxylation is 2. The number of nitriles is 1. The molecule has 2 atom stereocenters. The molecule has 0 spiro atoms. The van der Waals surface area contributed by atoms with Gasteiger partial charge in [-0.25, -0.2) is 4.98 Å². The minimum atomic E-state index is -5.00. The van der Waals surface area contributed by atoms with Crippen LogP contribution in [0.1, 0.15) is 48.7 Å². The molecule has 2 heterocycles. The maximum atomic E-state index is 14.2. The number of rotatable bonds is 7. The van der Waals surface area contributed by atoms with Crippen LogP contribution in [0.4, 0.5) is 13.2 Å². The Kier molecular flexibility index (Phi) is 7.95. The zero-order chi connectivity index (χ0) is 30.3. The molecule has 0 bridgehead atoms. The molecule has 2 unspecified atom stereocenters. The number of carbonyl (C=O) groups excluding carboxylic acids is 1. The summed E-state index contributed by atoms with van der Waals surface area (Å²) in [6, 6.07) is 13.5. The Morgan fingerprint density at radius 3 is 2.51 bits per heavy atom. The van der Waals surface area contributed by atoms with Crippen molar-refractivity contribution in [1.29, 1.82) is 5.26 Å². The van der Waals surface area contributed by atoms with Gasteiger partial charge in [-0.3, -0.25) is 9.48 Å². The first kappa shape index (κ1) is 30.1. The van der Waals surface area contributed by atoms with Crippen molar-refractivity contribution in [3.05, 3.63) is 81.6 Å². The Hall–Kier alpha value is -3.88. The minimum Gasteiger partial charge on any atom is -0.469 e. The topological polar surface area (TPSA) is 90.0 Å². The molecule has 0 saturated heterocycles. The first-order valence-corrected chi connectivity index (χ1v) is 13.6. The molecule has 7 nitrogen and oxygen atoms in total. The van der Waals surface area contributed by atoms with E-state index in [0.29, 0.717) is 5.69 Å². The lowest BCUT2D eigenvalue weighted by atomic mass is 9.90. The number of aromatic nitrogens is 3. The third-order valence-electron chi connectivity index (χ3n) is 6.40. The number of esters is 1. The van der Waals surface area contributed by atoms with E-state index >= 15 is 0 Å². The number of hydrogen-bond donors (Lipinski definition) is 0. The van der Waals surface area contributed by atoms with E-state index in [2.05, 4.69) is 16.7 Å². The number of ether oxygens (including phenoxy) is 2. The lowest BCUT2D eigenvalue weighted by molar-refractivity contribution is -0.174. The van der Waals surface area contributed by atoms with Gasteiger partial charge in [0.2, 0.25) is 0 Å². The van der Waals surface area contributed by atoms with Crippen LogP contribution in [0, 0.1) is 23.7 Å². The number of thiazole rings is 1. The number of benzene rings is 2. The second-order valence-electron chi connectivity index (χ2n) is 10.4. The van der Waals surface area contributed by atoms with Crippen LogP contribution in [0.3, 0.4) is 0 Å². The van der Waals surface area contributed by atoms with Crippen LogP contribution in [0.2, 0.25) is 5.15 Å². The third kappa shape index (κ3) is 5.42. The van der Waals surface area contributed by atoms with Gasteiger partial charge in [0, 0.05) is 18.0 Å². The summed E-state index contributed by atoms with van der Waals surface area (Å²) in [5.74, 6) is -0.899. The van der Waals surface area contributed by atoms with Crippen molar-refractivity contribution in [2.45, 2.75) is 45.6 Å². The average molecular weight is 603 g/mol. The molecule has 0 aliphatic heterocycles. The summed E-state index contributed by atoms with van der Waals surface area (Å²) in [4.78, 5) is 17.8. The normalized spacial score (nSPS) is 14.2. The first-order chi connectivity index (χ1) is 19.2. The summed E-state index contributed by atoms with van der Waals surface area (Å²) in [7, 11) is 1.21. The molecule has 2 aromatic carbocycles. The average Bonchev–Trinajstić information content (AvgIpc) is 3.50. The van der Waals surface area contributed by atoms with Crippen molar-refractivity contribution < 1.29 is 27.4 Å². The largest absolute Gasteiger partial charge is 0.469 e. The van der Waals surface area contributed by atoms with Gasteiger partial charge in [-0.1, -0.05) is 54.6 Å². The summed E-state index contributed by atoms with van der Waals surface area (Å²) in [5, 5.41) is 17.1. The second-order valence-corrected chi connectivity index (χ2v) is 11.6. The van der Waals surface area contributed by atoms with E-state index in [4.69, 9.17) is 21.1 Å². The van der Waals surface area contributed by atoms with Crippen LogP contribution in [-0.4, -0.2) is 20.7 Å². The van der Waals surface area contributed by atoms with E-state index in [0.717, 1.165) is 44.2 Å². The van der Waals surface area contributed by atoms with Gasteiger partial charge in [0.15, 0.2) is 16.8 Å². The van der Waals surface area contributed by atoms with E-state index in [1.807, 2.05) is 49.4 Å². The Labute approximate surface area is 243 Å². The fraction of sp³-hybridized carbons (Fsp3) is 0.310. The lowest BCUT2D eigenvalue weighted by Gasteiger charge is -2.34. The molecule has 0 fully saturated rings. The maximum Gasteiger partial charge on any atom is 0.435 e. The van der Waals surface area contributed by atoms with Gasteiger partial charge < -0.3 is 9.47 Å². The van der Waals surface area contributed by atoms with Crippen LogP contribution >= 0.6 is 22.9 Å². The zero-order valence-corrected chi connectivity index (χ0v) is 24.4. The van der Waals surface area contributed by atoms with Gasteiger partial charge in [0.1, 0.15) is 11.2 Å². The van der Waals surface area contributed by atoms with Crippen LogP contribution in [0.15, 0.2) is 54.6 Å². The van der Waals surface area contributed by atoms with Gasteiger partial charge in [0.25, 0.3) is 5.60 Å². The standard InChI is InChI=1S/C29H26ClF3N4O3S/c1-7-39-28(15-34,25-35-19(14-41-25)20-16(2)12-13-17-10-8-9-11-18(17)20)23(40-26(38)27(3,4)5)21-22(29(31,32)33)36-37(6)24(21)30/h7-14,23H,1H2,2-6H3. The van der Waals surface area contributed by atoms with Gasteiger partial charge in [0.05, 0.1) is 22.9 Å². The highest BCUT2D eigenvalue weighted by molar-refractivity contribution is 7.10. The Balaban J connectivity index is 2.01. The molecule has 214 valence electrons. The fourth-order valence-corrected chi connectivity index (χ4v) is 5.51. The Morgan fingerprint density at radius 1 is 1.22 bits per heavy atom. The van der Waals surface area contributed by atoms with Crippen molar-refractivity contribution in [3.63, 3.8) is 0 Å². The number of fused-ring (bicyclic) bond motifs is 1. The molecule has 12 heteroatoms. The van der Waals surface area contributed by atoms with E-state index in [1.54, 1.807) is 5.38 Å². The highest BCUT2D eigenvalue weighted by Crippen LogP contribution is 2.50. The maximum absolute atomic E-state index is 14.2. The summed E-state index contributed by atoms with van der Waals surface area (Å²) < 4.78 is 54.9. The van der Waals surface area contributed by atoms with E-state index in [1.165, 1.54) is 27.8 Å². The summed E-state index contributed by atoms with van der Waals surface area (Å²) in [5.41, 5.74) is -3.61. The highest BCUT2D eigenvalue weighted by Gasteiger charge is 2.55. The van der Waals surface area contributed by atoms with Crippen LogP contribution in [0.5, 0.6) is 0 Å². The zero-order valence-electron chi connectivity index (χ0n) is 22.8.